The molecule has 1 aliphatic carbocycles. The zero-order valence-electron chi connectivity index (χ0n) is 12.1. The Bertz CT molecular complexity index is 606. The van der Waals surface area contributed by atoms with Crippen LogP contribution in [0.2, 0.25) is 0 Å². The van der Waals surface area contributed by atoms with E-state index in [-0.39, 0.29) is 6.04 Å². The molecule has 106 valence electrons. The van der Waals surface area contributed by atoms with Gasteiger partial charge >= 0.3 is 0 Å². The molecule has 1 aromatic heterocycles. The van der Waals surface area contributed by atoms with Crippen LogP contribution >= 0.6 is 11.3 Å². The van der Waals surface area contributed by atoms with Gasteiger partial charge in [0.1, 0.15) is 0 Å². The van der Waals surface area contributed by atoms with Gasteiger partial charge in [0.05, 0.1) is 5.69 Å². The van der Waals surface area contributed by atoms with Crippen LogP contribution in [-0.2, 0) is 13.0 Å². The Kier molecular flexibility index (Phi) is 3.76. The number of rotatable bonds is 3. The Morgan fingerprint density at radius 3 is 2.95 bits per heavy atom. The van der Waals surface area contributed by atoms with E-state index in [1.165, 1.54) is 22.4 Å². The molecule has 0 aliphatic heterocycles. The number of fused-ring (bicyclic) bond motifs is 1. The Hall–Kier alpha value is -1.39. The number of nitrogens with zero attached hydrogens (tertiary/aromatic N) is 2. The molecule has 1 unspecified atom stereocenters. The van der Waals surface area contributed by atoms with Crippen molar-refractivity contribution >= 4 is 16.5 Å². The molecule has 0 saturated heterocycles. The molecule has 2 aromatic rings. The average molecular weight is 287 g/mol. The van der Waals surface area contributed by atoms with Crippen LogP contribution in [0.4, 0.5) is 5.13 Å². The maximum atomic E-state index is 6.16. The van der Waals surface area contributed by atoms with Gasteiger partial charge in [-0.2, -0.15) is 0 Å². The summed E-state index contributed by atoms with van der Waals surface area (Å²) in [6, 6.07) is 8.66. The van der Waals surface area contributed by atoms with Crippen LogP contribution in [0.1, 0.15) is 40.6 Å². The summed E-state index contributed by atoms with van der Waals surface area (Å²) in [5.74, 6) is 0. The lowest BCUT2D eigenvalue weighted by atomic mass is 9.99. The lowest BCUT2D eigenvalue weighted by molar-refractivity contribution is 0.563. The van der Waals surface area contributed by atoms with Crippen molar-refractivity contribution in [3.05, 3.63) is 46.0 Å². The second-order valence-electron chi connectivity index (χ2n) is 5.59. The molecule has 0 spiro atoms. The first-order valence-electron chi connectivity index (χ1n) is 7.16. The minimum atomic E-state index is 0.135. The number of hydrogen-bond donors (Lipinski definition) is 1. The van der Waals surface area contributed by atoms with Crippen LogP contribution in [0, 0.1) is 6.92 Å². The maximum Gasteiger partial charge on any atom is 0.185 e. The van der Waals surface area contributed by atoms with E-state index in [1.807, 2.05) is 11.3 Å². The summed E-state index contributed by atoms with van der Waals surface area (Å²) in [5.41, 5.74) is 9.98. The number of hydrogen-bond acceptors (Lipinski definition) is 4. The van der Waals surface area contributed by atoms with Crippen molar-refractivity contribution in [2.45, 2.75) is 38.8 Å². The first-order valence-corrected chi connectivity index (χ1v) is 7.97. The van der Waals surface area contributed by atoms with Crippen molar-refractivity contribution in [2.24, 2.45) is 5.73 Å². The Morgan fingerprint density at radius 1 is 1.40 bits per heavy atom. The quantitative estimate of drug-likeness (QED) is 0.940. The molecular weight excluding hydrogens is 266 g/mol. The standard InChI is InChI=1S/C16H21N3S/c1-11-6-3-4-7-12(11)10-19(2)16-18-15-13(17)8-5-9-14(15)20-16/h3-4,6-7,13H,5,8-10,17H2,1-2H3. The zero-order valence-corrected chi connectivity index (χ0v) is 12.9. The number of aryl methyl sites for hydroxylation is 2. The molecule has 0 bridgehead atoms. The molecule has 0 radical (unpaired) electrons. The SMILES string of the molecule is Cc1ccccc1CN(C)c1nc2c(s1)CCCC2N. The molecule has 1 aliphatic rings. The average Bonchev–Trinajstić information content (AvgIpc) is 2.87. The Labute approximate surface area is 124 Å². The second-order valence-corrected chi connectivity index (χ2v) is 6.65. The third kappa shape index (κ3) is 2.58. The van der Waals surface area contributed by atoms with Crippen LogP contribution < -0.4 is 10.6 Å². The fourth-order valence-corrected chi connectivity index (χ4v) is 3.85. The van der Waals surface area contributed by atoms with Gasteiger partial charge in [0.2, 0.25) is 0 Å². The number of anilines is 1. The predicted octanol–water partition coefficient (Wildman–Crippen LogP) is 3.42. The van der Waals surface area contributed by atoms with Crippen molar-refractivity contribution in [1.29, 1.82) is 0 Å². The lowest BCUT2D eigenvalue weighted by Crippen LogP contribution is -2.18. The van der Waals surface area contributed by atoms with Crippen molar-refractivity contribution in [3.8, 4) is 0 Å². The van der Waals surface area contributed by atoms with Gasteiger partial charge in [-0.15, -0.1) is 11.3 Å². The minimum Gasteiger partial charge on any atom is -0.347 e. The summed E-state index contributed by atoms with van der Waals surface area (Å²) in [4.78, 5) is 8.40. The summed E-state index contributed by atoms with van der Waals surface area (Å²) in [6.45, 7) is 3.06. The molecule has 3 rings (SSSR count). The van der Waals surface area contributed by atoms with Gasteiger partial charge in [-0.1, -0.05) is 24.3 Å². The van der Waals surface area contributed by atoms with E-state index < -0.39 is 0 Å². The summed E-state index contributed by atoms with van der Waals surface area (Å²) in [5, 5.41) is 1.09. The largest absolute Gasteiger partial charge is 0.347 e. The first-order chi connectivity index (χ1) is 9.65. The van der Waals surface area contributed by atoms with Gasteiger partial charge in [-0.25, -0.2) is 4.98 Å². The zero-order chi connectivity index (χ0) is 14.1. The first kappa shape index (κ1) is 13.6. The van der Waals surface area contributed by atoms with E-state index in [0.29, 0.717) is 0 Å². The van der Waals surface area contributed by atoms with Crippen molar-refractivity contribution in [3.63, 3.8) is 0 Å². The van der Waals surface area contributed by atoms with Crippen LogP contribution in [0.15, 0.2) is 24.3 Å². The number of benzene rings is 1. The lowest BCUT2D eigenvalue weighted by Gasteiger charge is -2.17. The third-order valence-corrected chi connectivity index (χ3v) is 5.23. The van der Waals surface area contributed by atoms with E-state index in [4.69, 9.17) is 10.7 Å². The molecule has 0 fully saturated rings. The molecule has 1 heterocycles. The summed E-state index contributed by atoms with van der Waals surface area (Å²) in [6.07, 6.45) is 3.40. The maximum absolute atomic E-state index is 6.16. The van der Waals surface area contributed by atoms with E-state index >= 15 is 0 Å². The smallest absolute Gasteiger partial charge is 0.185 e. The van der Waals surface area contributed by atoms with Gasteiger partial charge < -0.3 is 10.6 Å². The fraction of sp³-hybridized carbons (Fsp3) is 0.438. The number of thiazole rings is 1. The highest BCUT2D eigenvalue weighted by atomic mass is 32.1. The van der Waals surface area contributed by atoms with Crippen LogP contribution in [-0.4, -0.2) is 12.0 Å². The Morgan fingerprint density at radius 2 is 2.20 bits per heavy atom. The highest BCUT2D eigenvalue weighted by molar-refractivity contribution is 7.15. The second kappa shape index (κ2) is 5.54. The molecule has 3 nitrogen and oxygen atoms in total. The minimum absolute atomic E-state index is 0.135. The van der Waals surface area contributed by atoms with E-state index in [1.54, 1.807) is 0 Å². The molecule has 4 heteroatoms. The summed E-state index contributed by atoms with van der Waals surface area (Å²) < 4.78 is 0. The highest BCUT2D eigenvalue weighted by Crippen LogP contribution is 2.35. The van der Waals surface area contributed by atoms with E-state index in [0.717, 1.165) is 30.2 Å². The fourth-order valence-electron chi connectivity index (χ4n) is 2.71. The number of nitrogens with two attached hydrogens (primary N) is 1. The van der Waals surface area contributed by atoms with Gasteiger partial charge in [0.15, 0.2) is 5.13 Å². The molecule has 0 saturated carbocycles. The van der Waals surface area contributed by atoms with Crippen LogP contribution in [0.3, 0.4) is 0 Å². The van der Waals surface area contributed by atoms with Crippen LogP contribution in [0.25, 0.3) is 0 Å². The van der Waals surface area contributed by atoms with Crippen molar-refractivity contribution < 1.29 is 0 Å². The molecular formula is C16H21N3S. The van der Waals surface area contributed by atoms with Crippen molar-refractivity contribution in [2.75, 3.05) is 11.9 Å². The predicted molar refractivity (Wildman–Crippen MR) is 85.3 cm³/mol. The summed E-state index contributed by atoms with van der Waals surface area (Å²) >= 11 is 1.81. The van der Waals surface area contributed by atoms with Gasteiger partial charge in [-0.05, 0) is 37.3 Å². The molecule has 2 N–H and O–H groups in total. The highest BCUT2D eigenvalue weighted by Gasteiger charge is 2.23. The topological polar surface area (TPSA) is 42.2 Å². The molecule has 0 amide bonds. The van der Waals surface area contributed by atoms with Crippen LogP contribution in [0.5, 0.6) is 0 Å². The normalized spacial score (nSPS) is 17.9. The van der Waals surface area contributed by atoms with Gasteiger partial charge in [-0.3, -0.25) is 0 Å². The Balaban J connectivity index is 1.81. The molecule has 1 aromatic carbocycles. The molecule has 20 heavy (non-hydrogen) atoms. The molecule has 1 atom stereocenters. The third-order valence-electron chi connectivity index (χ3n) is 3.98. The van der Waals surface area contributed by atoms with E-state index in [9.17, 15) is 0 Å². The van der Waals surface area contributed by atoms with Gasteiger partial charge in [0, 0.05) is 24.5 Å². The van der Waals surface area contributed by atoms with E-state index in [2.05, 4.69) is 43.1 Å². The number of aromatic nitrogens is 1. The van der Waals surface area contributed by atoms with Crippen molar-refractivity contribution in [1.82, 2.24) is 4.98 Å². The monoisotopic (exact) mass is 287 g/mol. The van der Waals surface area contributed by atoms with Gasteiger partial charge in [0.25, 0.3) is 0 Å². The summed E-state index contributed by atoms with van der Waals surface area (Å²) in [7, 11) is 2.11.